The average molecular weight is 459 g/mol. The molecule has 0 aliphatic carbocycles. The average Bonchev–Trinajstić information content (AvgIpc) is 3.05. The number of halogens is 1. The SMILES string of the molecule is Cc1nn(-c2ccc(Cl)cc2)c(C)c1S(=O)(=O)NC1CCN(Cc2ccccc2)CC1. The zero-order valence-corrected chi connectivity index (χ0v) is 19.3. The van der Waals surface area contributed by atoms with Crippen LogP contribution >= 0.6 is 11.6 Å². The summed E-state index contributed by atoms with van der Waals surface area (Å²) in [6.45, 7) is 6.14. The van der Waals surface area contributed by atoms with Gasteiger partial charge in [-0.3, -0.25) is 4.90 Å². The lowest BCUT2D eigenvalue weighted by Crippen LogP contribution is -2.44. The van der Waals surface area contributed by atoms with Crippen molar-refractivity contribution in [3.05, 3.63) is 76.6 Å². The molecule has 1 saturated heterocycles. The highest BCUT2D eigenvalue weighted by molar-refractivity contribution is 7.89. The number of piperidine rings is 1. The Kier molecular flexibility index (Phi) is 6.48. The molecule has 4 rings (SSSR count). The highest BCUT2D eigenvalue weighted by Gasteiger charge is 2.29. The van der Waals surface area contributed by atoms with E-state index in [1.807, 2.05) is 30.3 Å². The summed E-state index contributed by atoms with van der Waals surface area (Å²) in [5.74, 6) is 0. The molecular formula is C23H27ClN4O2S. The third-order valence-electron chi connectivity index (χ3n) is 5.72. The van der Waals surface area contributed by atoms with Gasteiger partial charge in [-0.15, -0.1) is 0 Å². The van der Waals surface area contributed by atoms with Crippen molar-refractivity contribution in [2.45, 2.75) is 44.2 Å². The predicted octanol–water partition coefficient (Wildman–Crippen LogP) is 4.09. The molecule has 3 aromatic rings. The number of sulfonamides is 1. The predicted molar refractivity (Wildman–Crippen MR) is 123 cm³/mol. The second-order valence-corrected chi connectivity index (χ2v) is 10.1. The molecule has 0 unspecified atom stereocenters. The monoisotopic (exact) mass is 458 g/mol. The van der Waals surface area contributed by atoms with Crippen LogP contribution in [0.2, 0.25) is 5.02 Å². The molecule has 0 radical (unpaired) electrons. The van der Waals surface area contributed by atoms with Crippen LogP contribution in [0.15, 0.2) is 59.5 Å². The first-order chi connectivity index (χ1) is 14.8. The Labute approximate surface area is 188 Å². The van der Waals surface area contributed by atoms with E-state index in [9.17, 15) is 8.42 Å². The summed E-state index contributed by atoms with van der Waals surface area (Å²) in [5.41, 5.74) is 3.14. The maximum absolute atomic E-state index is 13.2. The van der Waals surface area contributed by atoms with Crippen LogP contribution in [0.25, 0.3) is 5.69 Å². The number of aromatic nitrogens is 2. The van der Waals surface area contributed by atoms with E-state index in [4.69, 9.17) is 11.6 Å². The van der Waals surface area contributed by atoms with Crippen LogP contribution in [-0.4, -0.2) is 42.2 Å². The Balaban J connectivity index is 1.44. The zero-order valence-electron chi connectivity index (χ0n) is 17.8. The molecule has 1 aliphatic rings. The van der Waals surface area contributed by atoms with E-state index in [-0.39, 0.29) is 10.9 Å². The van der Waals surface area contributed by atoms with Crippen LogP contribution in [0.5, 0.6) is 0 Å². The summed E-state index contributed by atoms with van der Waals surface area (Å²) in [7, 11) is -3.67. The first kappa shape index (κ1) is 22.0. The number of aryl methyl sites for hydroxylation is 1. The van der Waals surface area contributed by atoms with Crippen LogP contribution < -0.4 is 4.72 Å². The highest BCUT2D eigenvalue weighted by atomic mass is 35.5. The van der Waals surface area contributed by atoms with Crippen LogP contribution in [0.4, 0.5) is 0 Å². The summed E-state index contributed by atoms with van der Waals surface area (Å²) < 4.78 is 31.0. The largest absolute Gasteiger partial charge is 0.299 e. The molecule has 1 aliphatic heterocycles. The number of likely N-dealkylation sites (tertiary alicyclic amines) is 1. The fraction of sp³-hybridized carbons (Fsp3) is 0.348. The van der Waals surface area contributed by atoms with Crippen molar-refractivity contribution in [2.24, 2.45) is 0 Å². The molecule has 0 saturated carbocycles. The molecule has 0 bridgehead atoms. The molecule has 1 fully saturated rings. The number of nitrogens with one attached hydrogen (secondary N) is 1. The van der Waals surface area contributed by atoms with E-state index in [2.05, 4.69) is 26.9 Å². The van der Waals surface area contributed by atoms with Crippen molar-refractivity contribution in [3.8, 4) is 5.69 Å². The summed E-state index contributed by atoms with van der Waals surface area (Å²) >= 11 is 5.97. The Morgan fingerprint density at radius 3 is 2.32 bits per heavy atom. The minimum absolute atomic E-state index is 0.0743. The van der Waals surface area contributed by atoms with Gasteiger partial charge in [-0.1, -0.05) is 41.9 Å². The first-order valence-electron chi connectivity index (χ1n) is 10.4. The molecule has 0 atom stereocenters. The van der Waals surface area contributed by atoms with Gasteiger partial charge in [0.2, 0.25) is 10.0 Å². The van der Waals surface area contributed by atoms with Gasteiger partial charge in [-0.05, 0) is 56.5 Å². The van der Waals surface area contributed by atoms with Crippen molar-refractivity contribution in [1.29, 1.82) is 0 Å². The third kappa shape index (κ3) is 5.01. The van der Waals surface area contributed by atoms with Crippen LogP contribution in [0.3, 0.4) is 0 Å². The summed E-state index contributed by atoms with van der Waals surface area (Å²) in [5, 5.41) is 5.10. The summed E-state index contributed by atoms with van der Waals surface area (Å²) in [6, 6.07) is 17.5. The highest BCUT2D eigenvalue weighted by Crippen LogP contribution is 2.25. The van der Waals surface area contributed by atoms with Gasteiger partial charge in [0.25, 0.3) is 0 Å². The Morgan fingerprint density at radius 1 is 1.03 bits per heavy atom. The van der Waals surface area contributed by atoms with Crippen molar-refractivity contribution in [2.75, 3.05) is 13.1 Å². The molecule has 2 heterocycles. The molecule has 0 amide bonds. The lowest BCUT2D eigenvalue weighted by Gasteiger charge is -2.32. The Morgan fingerprint density at radius 2 is 1.68 bits per heavy atom. The van der Waals surface area contributed by atoms with E-state index in [0.717, 1.165) is 38.2 Å². The lowest BCUT2D eigenvalue weighted by molar-refractivity contribution is 0.200. The van der Waals surface area contributed by atoms with Crippen molar-refractivity contribution >= 4 is 21.6 Å². The third-order valence-corrected chi connectivity index (χ3v) is 7.75. The normalized spacial score (nSPS) is 16.0. The summed E-state index contributed by atoms with van der Waals surface area (Å²) in [6.07, 6.45) is 1.57. The van der Waals surface area contributed by atoms with Gasteiger partial charge in [-0.2, -0.15) is 5.10 Å². The zero-order chi connectivity index (χ0) is 22.0. The van der Waals surface area contributed by atoms with Crippen LogP contribution in [-0.2, 0) is 16.6 Å². The van der Waals surface area contributed by atoms with E-state index in [1.165, 1.54) is 5.56 Å². The molecule has 8 heteroatoms. The van der Waals surface area contributed by atoms with E-state index < -0.39 is 10.0 Å². The fourth-order valence-electron chi connectivity index (χ4n) is 4.18. The number of benzene rings is 2. The smallest absolute Gasteiger partial charge is 0.244 e. The second-order valence-electron chi connectivity index (χ2n) is 8.05. The van der Waals surface area contributed by atoms with E-state index in [1.54, 1.807) is 30.7 Å². The topological polar surface area (TPSA) is 67.2 Å². The van der Waals surface area contributed by atoms with Gasteiger partial charge in [0.15, 0.2) is 0 Å². The lowest BCUT2D eigenvalue weighted by atomic mass is 10.1. The molecule has 31 heavy (non-hydrogen) atoms. The van der Waals surface area contributed by atoms with Crippen LogP contribution in [0.1, 0.15) is 29.8 Å². The number of nitrogens with zero attached hydrogens (tertiary/aromatic N) is 3. The van der Waals surface area contributed by atoms with Crippen LogP contribution in [0, 0.1) is 13.8 Å². The van der Waals surface area contributed by atoms with E-state index in [0.29, 0.717) is 16.4 Å². The van der Waals surface area contributed by atoms with Crippen molar-refractivity contribution < 1.29 is 8.42 Å². The van der Waals surface area contributed by atoms with E-state index >= 15 is 0 Å². The Hall–Kier alpha value is -2.19. The molecule has 6 nitrogen and oxygen atoms in total. The molecule has 1 aromatic heterocycles. The minimum atomic E-state index is -3.67. The van der Waals surface area contributed by atoms with Gasteiger partial charge < -0.3 is 0 Å². The van der Waals surface area contributed by atoms with Crippen molar-refractivity contribution in [3.63, 3.8) is 0 Å². The maximum atomic E-state index is 13.2. The fourth-order valence-corrected chi connectivity index (χ4v) is 6.00. The molecule has 2 aromatic carbocycles. The van der Waals surface area contributed by atoms with Gasteiger partial charge in [0.1, 0.15) is 4.90 Å². The van der Waals surface area contributed by atoms with Gasteiger partial charge in [-0.25, -0.2) is 17.8 Å². The van der Waals surface area contributed by atoms with Crippen molar-refractivity contribution in [1.82, 2.24) is 19.4 Å². The van der Waals surface area contributed by atoms with Gasteiger partial charge in [0.05, 0.1) is 17.1 Å². The maximum Gasteiger partial charge on any atom is 0.244 e. The number of hydrogen-bond donors (Lipinski definition) is 1. The quantitative estimate of drug-likeness (QED) is 0.604. The van der Waals surface area contributed by atoms with Gasteiger partial charge >= 0.3 is 0 Å². The number of rotatable bonds is 6. The molecule has 0 spiro atoms. The molecule has 1 N–H and O–H groups in total. The van der Waals surface area contributed by atoms with Gasteiger partial charge in [0, 0.05) is 30.7 Å². The molecular weight excluding hydrogens is 432 g/mol. The number of hydrogen-bond acceptors (Lipinski definition) is 4. The standard InChI is InChI=1S/C23H27ClN4O2S/c1-17-23(18(2)28(25-17)22-10-8-20(24)9-11-22)31(29,30)26-21-12-14-27(15-13-21)16-19-6-4-3-5-7-19/h3-11,21,26H,12-16H2,1-2H3. The second kappa shape index (κ2) is 9.12. The summed E-state index contributed by atoms with van der Waals surface area (Å²) in [4.78, 5) is 2.63. The Bertz CT molecular complexity index is 1140. The first-order valence-corrected chi connectivity index (χ1v) is 12.3. The minimum Gasteiger partial charge on any atom is -0.299 e. The molecule has 164 valence electrons.